The summed E-state index contributed by atoms with van der Waals surface area (Å²) in [7, 11) is 0. The number of fused-ring (bicyclic) bond motifs is 1. The molecule has 0 bridgehead atoms. The molecule has 3 rings (SSSR count). The molecule has 0 radical (unpaired) electrons. The zero-order chi connectivity index (χ0) is 14.7. The van der Waals surface area contributed by atoms with Crippen molar-refractivity contribution in [2.24, 2.45) is 10.9 Å². The first-order valence-corrected chi connectivity index (χ1v) is 7.12. The Morgan fingerprint density at radius 2 is 2.19 bits per heavy atom. The van der Waals surface area contributed by atoms with E-state index < -0.39 is 0 Å². The van der Waals surface area contributed by atoms with E-state index in [1.165, 1.54) is 11.8 Å². The summed E-state index contributed by atoms with van der Waals surface area (Å²) in [4.78, 5) is 4.14. The SMILES string of the molecule is NC(=NO)c1ncccc1CSc1nnc2ccccn12. The second kappa shape index (κ2) is 5.80. The number of aromatic nitrogens is 4. The fourth-order valence-corrected chi connectivity index (χ4v) is 2.80. The fraction of sp³-hybridized carbons (Fsp3) is 0.0769. The fourth-order valence-electron chi connectivity index (χ4n) is 1.89. The van der Waals surface area contributed by atoms with Crippen LogP contribution in [0.5, 0.6) is 0 Å². The molecule has 3 heterocycles. The van der Waals surface area contributed by atoms with Gasteiger partial charge in [-0.05, 0) is 23.8 Å². The summed E-state index contributed by atoms with van der Waals surface area (Å²) >= 11 is 1.51. The predicted octanol–water partition coefficient (Wildman–Crippen LogP) is 1.51. The number of oxime groups is 1. The molecule has 8 heteroatoms. The lowest BCUT2D eigenvalue weighted by molar-refractivity contribution is 0.318. The third-order valence-corrected chi connectivity index (χ3v) is 3.87. The largest absolute Gasteiger partial charge is 0.409 e. The Balaban J connectivity index is 1.85. The van der Waals surface area contributed by atoms with Crippen molar-refractivity contribution < 1.29 is 5.21 Å². The molecular weight excluding hydrogens is 288 g/mol. The molecule has 0 amide bonds. The van der Waals surface area contributed by atoms with Crippen molar-refractivity contribution >= 4 is 23.2 Å². The van der Waals surface area contributed by atoms with Gasteiger partial charge in [0.1, 0.15) is 5.69 Å². The molecule has 0 aliphatic rings. The van der Waals surface area contributed by atoms with Gasteiger partial charge in [-0.15, -0.1) is 10.2 Å². The smallest absolute Gasteiger partial charge is 0.195 e. The maximum atomic E-state index is 8.80. The van der Waals surface area contributed by atoms with Crippen molar-refractivity contribution in [2.75, 3.05) is 0 Å². The lowest BCUT2D eigenvalue weighted by atomic mass is 10.2. The van der Waals surface area contributed by atoms with E-state index in [1.54, 1.807) is 6.20 Å². The molecule has 106 valence electrons. The third-order valence-electron chi connectivity index (χ3n) is 2.88. The minimum absolute atomic E-state index is 0.00250. The highest BCUT2D eigenvalue weighted by atomic mass is 32.2. The Morgan fingerprint density at radius 3 is 3.05 bits per heavy atom. The van der Waals surface area contributed by atoms with Gasteiger partial charge in [0, 0.05) is 18.1 Å². The lowest BCUT2D eigenvalue weighted by Crippen LogP contribution is -2.17. The van der Waals surface area contributed by atoms with Crippen LogP contribution in [0, 0.1) is 0 Å². The highest BCUT2D eigenvalue weighted by molar-refractivity contribution is 7.98. The van der Waals surface area contributed by atoms with Crippen molar-refractivity contribution in [1.82, 2.24) is 19.6 Å². The summed E-state index contributed by atoms with van der Waals surface area (Å²) in [5.41, 5.74) is 7.76. The number of hydrogen-bond acceptors (Lipinski definition) is 6. The molecular formula is C13H12N6OS. The van der Waals surface area contributed by atoms with Gasteiger partial charge in [0.05, 0.1) is 0 Å². The Morgan fingerprint density at radius 1 is 1.29 bits per heavy atom. The molecule has 0 atom stereocenters. The molecule has 0 spiro atoms. The minimum Gasteiger partial charge on any atom is -0.409 e. The summed E-state index contributed by atoms with van der Waals surface area (Å²) in [5.74, 6) is 0.590. The van der Waals surface area contributed by atoms with Gasteiger partial charge in [-0.2, -0.15) is 0 Å². The molecule has 0 saturated heterocycles. The van der Waals surface area contributed by atoms with E-state index in [9.17, 15) is 0 Å². The van der Waals surface area contributed by atoms with Crippen LogP contribution in [0.25, 0.3) is 5.65 Å². The standard InChI is InChI=1S/C13H12N6OS/c14-12(18-20)11-9(4-3-6-15-11)8-21-13-17-16-10-5-1-2-7-19(10)13/h1-7,20H,8H2,(H2,14,18). The van der Waals surface area contributed by atoms with Crippen LogP contribution in [0.4, 0.5) is 0 Å². The van der Waals surface area contributed by atoms with Crippen molar-refractivity contribution in [2.45, 2.75) is 10.9 Å². The topological polar surface area (TPSA) is 102 Å². The summed E-state index contributed by atoms with van der Waals surface area (Å²) in [6.45, 7) is 0. The number of pyridine rings is 2. The Kier molecular flexibility index (Phi) is 3.69. The van der Waals surface area contributed by atoms with Crippen LogP contribution in [-0.2, 0) is 5.75 Å². The average Bonchev–Trinajstić information content (AvgIpc) is 2.96. The molecule has 0 saturated carbocycles. The number of thioether (sulfide) groups is 1. The molecule has 0 unspecified atom stereocenters. The molecule has 0 aliphatic heterocycles. The lowest BCUT2D eigenvalue weighted by Gasteiger charge is -2.05. The van der Waals surface area contributed by atoms with Crippen LogP contribution in [-0.4, -0.2) is 30.6 Å². The molecule has 21 heavy (non-hydrogen) atoms. The monoisotopic (exact) mass is 300 g/mol. The van der Waals surface area contributed by atoms with Crippen molar-refractivity contribution in [3.05, 3.63) is 54.0 Å². The highest BCUT2D eigenvalue weighted by Crippen LogP contribution is 2.22. The van der Waals surface area contributed by atoms with E-state index in [2.05, 4.69) is 20.3 Å². The van der Waals surface area contributed by atoms with Crippen LogP contribution in [0.15, 0.2) is 53.0 Å². The normalized spacial score (nSPS) is 11.9. The molecule has 3 N–H and O–H groups in total. The zero-order valence-electron chi connectivity index (χ0n) is 10.9. The van der Waals surface area contributed by atoms with E-state index in [4.69, 9.17) is 10.9 Å². The first-order valence-electron chi connectivity index (χ1n) is 6.14. The van der Waals surface area contributed by atoms with Crippen molar-refractivity contribution in [1.29, 1.82) is 0 Å². The van der Waals surface area contributed by atoms with E-state index in [1.807, 2.05) is 40.9 Å². The Hall–Kier alpha value is -2.61. The highest BCUT2D eigenvalue weighted by Gasteiger charge is 2.11. The van der Waals surface area contributed by atoms with Gasteiger partial charge in [-0.25, -0.2) is 0 Å². The second-order valence-electron chi connectivity index (χ2n) is 4.20. The first-order chi connectivity index (χ1) is 10.3. The van der Waals surface area contributed by atoms with Crippen LogP contribution < -0.4 is 5.73 Å². The van der Waals surface area contributed by atoms with E-state index >= 15 is 0 Å². The summed E-state index contributed by atoms with van der Waals surface area (Å²) < 4.78 is 1.91. The molecule has 0 aromatic carbocycles. The molecule has 3 aromatic heterocycles. The quantitative estimate of drug-likeness (QED) is 0.249. The van der Waals surface area contributed by atoms with Crippen LogP contribution >= 0.6 is 11.8 Å². The Labute approximate surface area is 124 Å². The van der Waals surface area contributed by atoms with E-state index in [0.717, 1.165) is 16.4 Å². The van der Waals surface area contributed by atoms with Gasteiger partial charge in [0.25, 0.3) is 0 Å². The zero-order valence-corrected chi connectivity index (χ0v) is 11.7. The Bertz CT molecular complexity index is 800. The second-order valence-corrected chi connectivity index (χ2v) is 5.14. The van der Waals surface area contributed by atoms with Crippen molar-refractivity contribution in [3.63, 3.8) is 0 Å². The van der Waals surface area contributed by atoms with Gasteiger partial charge in [0.15, 0.2) is 16.6 Å². The van der Waals surface area contributed by atoms with E-state index in [0.29, 0.717) is 11.4 Å². The third kappa shape index (κ3) is 2.65. The maximum Gasteiger partial charge on any atom is 0.195 e. The van der Waals surface area contributed by atoms with Crippen molar-refractivity contribution in [3.8, 4) is 0 Å². The summed E-state index contributed by atoms with van der Waals surface area (Å²) in [6, 6.07) is 9.42. The average molecular weight is 300 g/mol. The number of rotatable bonds is 4. The van der Waals surface area contributed by atoms with E-state index in [-0.39, 0.29) is 5.84 Å². The summed E-state index contributed by atoms with van der Waals surface area (Å²) in [5, 5.41) is 20.8. The molecule has 3 aromatic rings. The number of amidine groups is 1. The van der Waals surface area contributed by atoms with Gasteiger partial charge in [0.2, 0.25) is 0 Å². The first kappa shape index (κ1) is 13.4. The summed E-state index contributed by atoms with van der Waals surface area (Å²) in [6.07, 6.45) is 3.51. The van der Waals surface area contributed by atoms with Gasteiger partial charge >= 0.3 is 0 Å². The molecule has 0 aliphatic carbocycles. The molecule has 7 nitrogen and oxygen atoms in total. The van der Waals surface area contributed by atoms with Crippen LogP contribution in [0.1, 0.15) is 11.3 Å². The van der Waals surface area contributed by atoms with Gasteiger partial charge in [-0.1, -0.05) is 29.1 Å². The predicted molar refractivity (Wildman–Crippen MR) is 79.3 cm³/mol. The van der Waals surface area contributed by atoms with Crippen LogP contribution in [0.3, 0.4) is 0 Å². The van der Waals surface area contributed by atoms with Gasteiger partial charge in [-0.3, -0.25) is 9.38 Å². The maximum absolute atomic E-state index is 8.80. The van der Waals surface area contributed by atoms with Crippen LogP contribution in [0.2, 0.25) is 0 Å². The number of nitrogens with two attached hydrogens (primary N) is 1. The molecule has 0 fully saturated rings. The number of hydrogen-bond donors (Lipinski definition) is 2. The minimum atomic E-state index is -0.00250. The number of nitrogens with zero attached hydrogens (tertiary/aromatic N) is 5. The van der Waals surface area contributed by atoms with Gasteiger partial charge < -0.3 is 10.9 Å².